The Hall–Kier alpha value is -5.64. The molecule has 0 aliphatic carbocycles. The van der Waals surface area contributed by atoms with E-state index in [-0.39, 0.29) is 47.1 Å². The molecule has 0 bridgehead atoms. The third kappa shape index (κ3) is 13.6. The third-order valence-electron chi connectivity index (χ3n) is 12.0. The van der Waals surface area contributed by atoms with E-state index in [2.05, 4.69) is 4.74 Å². The second-order valence-electron chi connectivity index (χ2n) is 16.7. The normalized spacial score (nSPS) is 23.3. The van der Waals surface area contributed by atoms with Crippen LogP contribution in [0, 0.1) is 13.8 Å². The van der Waals surface area contributed by atoms with Crippen molar-refractivity contribution in [2.45, 2.75) is 88.3 Å². The van der Waals surface area contributed by atoms with Gasteiger partial charge >= 0.3 is 41.5 Å². The SMILES string of the molecule is CO.COC(=O)Cn1ccc2ccc(-c3ccc(OC4OC(CO)C(O)C(O)C4O)c(C)c3)cc2c1=O.Cc1cc(-c2ccc3ccn(CC(=O)O)c(=O)c3c2)ccc1OC1OC(CO)C(O)C(O)C1O.[Na+].[OH-]. The van der Waals surface area contributed by atoms with Crippen LogP contribution < -0.4 is 50.1 Å². The molecule has 2 fully saturated rings. The Morgan fingerprint density at radius 3 is 1.29 bits per heavy atom. The molecule has 0 spiro atoms. The van der Waals surface area contributed by atoms with Crippen LogP contribution in [0.4, 0.5) is 0 Å². The summed E-state index contributed by atoms with van der Waals surface area (Å²) in [6, 6.07) is 24.7. The molecule has 0 radical (unpaired) electrons. The summed E-state index contributed by atoms with van der Waals surface area (Å²) in [5, 5.41) is 97.2. The Kier molecular flexibility index (Phi) is 21.8. The van der Waals surface area contributed by atoms with Crippen molar-refractivity contribution in [2.24, 2.45) is 0 Å². The summed E-state index contributed by atoms with van der Waals surface area (Å²) in [6.45, 7) is 1.84. The number of aliphatic carboxylic acids is 1. The maximum atomic E-state index is 12.9. The molecule has 23 heteroatoms. The van der Waals surface area contributed by atoms with E-state index < -0.39 is 98.7 Å². The van der Waals surface area contributed by atoms with E-state index in [1.165, 1.54) is 17.9 Å². The molecular formula is C50H57N2NaO20. The van der Waals surface area contributed by atoms with Gasteiger partial charge in [0, 0.05) is 30.3 Å². The van der Waals surface area contributed by atoms with Crippen molar-refractivity contribution in [3.05, 3.63) is 129 Å². The van der Waals surface area contributed by atoms with E-state index in [1.54, 1.807) is 80.7 Å². The van der Waals surface area contributed by atoms with Crippen LogP contribution in [0.25, 0.3) is 43.8 Å². The van der Waals surface area contributed by atoms with Gasteiger partial charge in [0.25, 0.3) is 11.1 Å². The molecule has 11 N–H and O–H groups in total. The van der Waals surface area contributed by atoms with Crippen LogP contribution in [0.5, 0.6) is 11.5 Å². The first kappa shape index (κ1) is 59.9. The number of carbonyl (C=O) groups excluding carboxylic acids is 1. The maximum absolute atomic E-state index is 12.9. The molecule has 0 amide bonds. The van der Waals surface area contributed by atoms with Crippen LogP contribution in [-0.4, -0.2) is 166 Å². The van der Waals surface area contributed by atoms with Gasteiger partial charge in [-0.05, 0) is 107 Å². The van der Waals surface area contributed by atoms with Gasteiger partial charge in [0.15, 0.2) is 0 Å². The Labute approximate surface area is 438 Å². The van der Waals surface area contributed by atoms with Crippen molar-refractivity contribution in [3.63, 3.8) is 0 Å². The van der Waals surface area contributed by atoms with Crippen molar-refractivity contribution in [1.82, 2.24) is 9.13 Å². The van der Waals surface area contributed by atoms with Gasteiger partial charge in [0.05, 0.1) is 20.3 Å². The smallest absolute Gasteiger partial charge is 0.870 e. The number of fused-ring (bicyclic) bond motifs is 2. The standard InChI is InChI=1S/C25H27NO9.C24H25NO9.CH4O.Na.H2O/c1-13-9-15(5-6-18(13)34-25-23(31)22(30)21(29)19(12-27)35-25)16-4-3-14-7-8-26(11-20(28)33-2)24(32)17(14)10-16;1-12-8-14(4-5-17(12)33-24-22(31)21(30)20(29)18(11-26)34-24)15-3-2-13-6-7-25(10-19(27)28)23(32)16(13)9-15;1-2;;/h3-10,19,21-23,25,27,29-31H,11-12H2,1-2H3;2-9,18,20-22,24,26,29-31H,10-11H2,1H3,(H,27,28);2H,1H3;;1H2/q;;;+1;/p-1. The van der Waals surface area contributed by atoms with E-state index >= 15 is 0 Å². The third-order valence-corrected chi connectivity index (χ3v) is 12.0. The summed E-state index contributed by atoms with van der Waals surface area (Å²) >= 11 is 0. The van der Waals surface area contributed by atoms with E-state index in [0.29, 0.717) is 38.8 Å². The second-order valence-corrected chi connectivity index (χ2v) is 16.7. The molecule has 6 aromatic rings. The molecule has 22 nitrogen and oxygen atoms in total. The number of rotatable bonds is 12. The van der Waals surface area contributed by atoms with Crippen molar-refractivity contribution >= 4 is 33.5 Å². The Morgan fingerprint density at radius 2 is 0.932 bits per heavy atom. The number of benzene rings is 4. The van der Waals surface area contributed by atoms with E-state index in [4.69, 9.17) is 29.2 Å². The Morgan fingerprint density at radius 1 is 0.562 bits per heavy atom. The van der Waals surface area contributed by atoms with Crippen molar-refractivity contribution in [2.75, 3.05) is 27.4 Å². The topological polar surface area (TPSA) is 357 Å². The second kappa shape index (κ2) is 26.5. The number of ether oxygens (including phenoxy) is 5. The zero-order valence-corrected chi connectivity index (χ0v) is 42.3. The number of carboxylic acid groups (broad SMARTS) is 1. The maximum Gasteiger partial charge on any atom is 1.00 e. The molecule has 2 aromatic heterocycles. The summed E-state index contributed by atoms with van der Waals surface area (Å²) in [4.78, 5) is 48.2. The fraction of sp³-hybridized carbons (Fsp3) is 0.360. The zero-order chi connectivity index (χ0) is 51.8. The van der Waals surface area contributed by atoms with Gasteiger partial charge in [0.2, 0.25) is 12.6 Å². The van der Waals surface area contributed by atoms with Crippen LogP contribution in [0.3, 0.4) is 0 Å². The summed E-state index contributed by atoms with van der Waals surface area (Å²) in [7, 11) is 2.26. The number of methoxy groups -OCH3 is 1. The monoisotopic (exact) mass is 1030 g/mol. The van der Waals surface area contributed by atoms with Gasteiger partial charge in [0.1, 0.15) is 73.4 Å². The molecule has 2 aliphatic heterocycles. The number of carbonyl (C=O) groups is 2. The molecule has 4 aromatic carbocycles. The minimum Gasteiger partial charge on any atom is -0.870 e. The molecule has 388 valence electrons. The molecule has 8 rings (SSSR count). The number of hydrogen-bond donors (Lipinski definition) is 10. The predicted octanol–water partition coefficient (Wildman–Crippen LogP) is -3.00. The number of esters is 1. The summed E-state index contributed by atoms with van der Waals surface area (Å²) in [5.74, 6) is -0.895. The molecule has 0 saturated carbocycles. The van der Waals surface area contributed by atoms with Gasteiger partial charge < -0.3 is 89.4 Å². The molecule has 10 atom stereocenters. The number of aliphatic hydroxyl groups excluding tert-OH is 9. The molecular weight excluding hydrogens is 972 g/mol. The molecule has 10 unspecified atom stereocenters. The van der Waals surface area contributed by atoms with E-state index in [0.717, 1.165) is 39.3 Å². The van der Waals surface area contributed by atoms with Gasteiger partial charge in [-0.2, -0.15) is 0 Å². The molecule has 73 heavy (non-hydrogen) atoms. The van der Waals surface area contributed by atoms with Crippen LogP contribution in [-0.2, 0) is 36.9 Å². The first-order valence-electron chi connectivity index (χ1n) is 22.1. The largest absolute Gasteiger partial charge is 1.00 e. The average molecular weight is 1030 g/mol. The molecule has 4 heterocycles. The van der Waals surface area contributed by atoms with Gasteiger partial charge in [-0.1, -0.05) is 36.4 Å². The van der Waals surface area contributed by atoms with Gasteiger partial charge in [-0.3, -0.25) is 19.2 Å². The number of nitrogens with zero attached hydrogens (tertiary/aromatic N) is 2. The number of carboxylic acids is 1. The summed E-state index contributed by atoms with van der Waals surface area (Å²) < 4.78 is 29.3. The summed E-state index contributed by atoms with van der Waals surface area (Å²) in [6.07, 6.45) is -10.8. The van der Waals surface area contributed by atoms with Gasteiger partial charge in [-0.25, -0.2) is 0 Å². The number of aliphatic hydroxyl groups is 9. The average Bonchev–Trinajstić information content (AvgIpc) is 3.37. The van der Waals surface area contributed by atoms with Crippen molar-refractivity contribution < 1.29 is 119 Å². The minimum atomic E-state index is -1.54. The van der Waals surface area contributed by atoms with Crippen molar-refractivity contribution in [3.8, 4) is 33.8 Å². The minimum absolute atomic E-state index is 0. The van der Waals surface area contributed by atoms with Crippen molar-refractivity contribution in [1.29, 1.82) is 0 Å². The van der Waals surface area contributed by atoms with E-state index in [9.17, 15) is 60.0 Å². The number of hydrogen-bond acceptors (Lipinski definition) is 19. The first-order chi connectivity index (χ1) is 33.9. The Bertz CT molecular complexity index is 2960. The van der Waals surface area contributed by atoms with Crippen LogP contribution in [0.2, 0.25) is 0 Å². The quantitative estimate of drug-likeness (QED) is 0.0431. The zero-order valence-electron chi connectivity index (χ0n) is 40.3. The van der Waals surface area contributed by atoms with Crippen LogP contribution in [0.1, 0.15) is 11.1 Å². The van der Waals surface area contributed by atoms with Crippen LogP contribution in [0.15, 0.2) is 107 Å². The number of pyridine rings is 2. The number of aryl methyl sites for hydroxylation is 2. The Balaban J connectivity index is 0.000000298. The predicted molar refractivity (Wildman–Crippen MR) is 255 cm³/mol. The van der Waals surface area contributed by atoms with E-state index in [1.807, 2.05) is 24.3 Å². The molecule has 2 saturated heterocycles. The fourth-order valence-electron chi connectivity index (χ4n) is 8.02. The fourth-order valence-corrected chi connectivity index (χ4v) is 8.02. The summed E-state index contributed by atoms with van der Waals surface area (Å²) in [5.41, 5.74) is 3.73. The van der Waals surface area contributed by atoms with Crippen LogP contribution >= 0.6 is 0 Å². The first-order valence-corrected chi connectivity index (χ1v) is 22.1. The van der Waals surface area contributed by atoms with Gasteiger partial charge in [-0.15, -0.1) is 0 Å². The molecule has 2 aliphatic rings. The number of aromatic nitrogens is 2.